The Morgan fingerprint density at radius 3 is 2.35 bits per heavy atom. The number of nitrogens with one attached hydrogen (secondary N) is 1. The highest BCUT2D eigenvalue weighted by Crippen LogP contribution is 2.22. The van der Waals surface area contributed by atoms with E-state index in [-0.39, 0.29) is 36.1 Å². The van der Waals surface area contributed by atoms with E-state index in [1.165, 1.54) is 50.0 Å². The third-order valence-corrected chi connectivity index (χ3v) is 4.00. The van der Waals surface area contributed by atoms with Crippen LogP contribution in [0.15, 0.2) is 30.5 Å². The van der Waals surface area contributed by atoms with Gasteiger partial charge in [0.25, 0.3) is 0 Å². The van der Waals surface area contributed by atoms with Crippen LogP contribution in [0, 0.1) is 5.82 Å². The van der Waals surface area contributed by atoms with Crippen molar-refractivity contribution in [3.05, 3.63) is 41.8 Å². The molecule has 7 heteroatoms. The van der Waals surface area contributed by atoms with Crippen LogP contribution in [0.3, 0.4) is 0 Å². The molecule has 4 nitrogen and oxygen atoms in total. The van der Waals surface area contributed by atoms with Gasteiger partial charge in [0.2, 0.25) is 0 Å². The van der Waals surface area contributed by atoms with Gasteiger partial charge in [-0.2, -0.15) is 5.10 Å². The summed E-state index contributed by atoms with van der Waals surface area (Å²) < 4.78 is 13.0. The fourth-order valence-electron chi connectivity index (χ4n) is 2.83. The van der Waals surface area contributed by atoms with Gasteiger partial charge in [-0.05, 0) is 62.2 Å². The molecule has 0 amide bonds. The zero-order chi connectivity index (χ0) is 13.8. The van der Waals surface area contributed by atoms with Gasteiger partial charge in [-0.25, -0.2) is 4.39 Å². The summed E-state index contributed by atoms with van der Waals surface area (Å²) in [5, 5.41) is 7.19. The van der Waals surface area contributed by atoms with E-state index >= 15 is 0 Å². The van der Waals surface area contributed by atoms with Crippen LogP contribution in [-0.4, -0.2) is 40.2 Å². The topological polar surface area (TPSA) is 63.4 Å². The SMILES string of the molecule is Cl.Cl.Fc1ccc(-c2[nH]ncc2CCN2CCCCC2)cc1.O. The molecule has 3 rings (SSSR count). The van der Waals surface area contributed by atoms with Gasteiger partial charge in [-0.3, -0.25) is 5.10 Å². The number of H-pyrrole nitrogens is 1. The highest BCUT2D eigenvalue weighted by atomic mass is 35.5. The molecule has 0 spiro atoms. The Morgan fingerprint density at radius 2 is 1.70 bits per heavy atom. The molecule has 2 aromatic rings. The number of nitrogens with zero attached hydrogens (tertiary/aromatic N) is 2. The van der Waals surface area contributed by atoms with Crippen LogP contribution in [0.5, 0.6) is 0 Å². The van der Waals surface area contributed by atoms with Gasteiger partial charge in [0.15, 0.2) is 0 Å². The van der Waals surface area contributed by atoms with Crippen molar-refractivity contribution in [3.8, 4) is 11.3 Å². The summed E-state index contributed by atoms with van der Waals surface area (Å²) in [6, 6.07) is 6.58. The van der Waals surface area contributed by atoms with Crippen LogP contribution in [0.4, 0.5) is 4.39 Å². The lowest BCUT2D eigenvalue weighted by Crippen LogP contribution is -2.31. The molecule has 1 aliphatic rings. The number of hydrogen-bond donors (Lipinski definition) is 1. The van der Waals surface area contributed by atoms with Crippen molar-refractivity contribution in [2.24, 2.45) is 0 Å². The van der Waals surface area contributed by atoms with Gasteiger partial charge in [-0.1, -0.05) is 6.42 Å². The maximum atomic E-state index is 13.0. The van der Waals surface area contributed by atoms with Crippen LogP contribution in [-0.2, 0) is 6.42 Å². The Balaban J connectivity index is 0.00000161. The number of hydrogen-bond acceptors (Lipinski definition) is 2. The van der Waals surface area contributed by atoms with Gasteiger partial charge < -0.3 is 10.4 Å². The van der Waals surface area contributed by atoms with Gasteiger partial charge >= 0.3 is 0 Å². The van der Waals surface area contributed by atoms with Gasteiger partial charge in [0.05, 0.1) is 11.9 Å². The van der Waals surface area contributed by atoms with Crippen molar-refractivity contribution in [3.63, 3.8) is 0 Å². The molecule has 0 atom stereocenters. The summed E-state index contributed by atoms with van der Waals surface area (Å²) in [7, 11) is 0. The summed E-state index contributed by atoms with van der Waals surface area (Å²) in [5.74, 6) is -0.205. The average molecular weight is 364 g/mol. The molecule has 23 heavy (non-hydrogen) atoms. The molecule has 2 heterocycles. The van der Waals surface area contributed by atoms with E-state index in [4.69, 9.17) is 0 Å². The van der Waals surface area contributed by atoms with Crippen molar-refractivity contribution in [2.75, 3.05) is 19.6 Å². The monoisotopic (exact) mass is 363 g/mol. The second kappa shape index (κ2) is 10.6. The van der Waals surface area contributed by atoms with Crippen LogP contribution in [0.1, 0.15) is 24.8 Å². The van der Waals surface area contributed by atoms with Crippen LogP contribution in [0.2, 0.25) is 0 Å². The lowest BCUT2D eigenvalue weighted by molar-refractivity contribution is 0.231. The average Bonchev–Trinajstić information content (AvgIpc) is 2.95. The van der Waals surface area contributed by atoms with Gasteiger partial charge in [0, 0.05) is 12.1 Å². The molecule has 1 aromatic heterocycles. The fourth-order valence-corrected chi connectivity index (χ4v) is 2.83. The number of likely N-dealkylation sites (tertiary alicyclic amines) is 1. The molecule has 1 fully saturated rings. The molecule has 0 bridgehead atoms. The number of aromatic amines is 1. The molecule has 0 saturated carbocycles. The minimum Gasteiger partial charge on any atom is -0.412 e. The van der Waals surface area contributed by atoms with Crippen LogP contribution < -0.4 is 0 Å². The molecule has 0 aliphatic carbocycles. The summed E-state index contributed by atoms with van der Waals surface area (Å²) >= 11 is 0. The molecular weight excluding hydrogens is 340 g/mol. The zero-order valence-electron chi connectivity index (χ0n) is 12.9. The smallest absolute Gasteiger partial charge is 0.123 e. The first-order valence-corrected chi connectivity index (χ1v) is 7.33. The fraction of sp³-hybridized carbons (Fsp3) is 0.438. The Hall–Kier alpha value is -1.14. The van der Waals surface area contributed by atoms with Crippen molar-refractivity contribution >= 4 is 24.8 Å². The van der Waals surface area contributed by atoms with E-state index in [1.807, 2.05) is 6.20 Å². The Bertz CT molecular complexity index is 557. The Labute approximate surface area is 148 Å². The minimum absolute atomic E-state index is 0. The molecule has 1 aliphatic heterocycles. The maximum Gasteiger partial charge on any atom is 0.123 e. The van der Waals surface area contributed by atoms with E-state index in [0.717, 1.165) is 24.2 Å². The standard InChI is InChI=1S/C16H20FN3.2ClH.H2O/c17-15-6-4-13(5-7-15)16-14(12-18-19-16)8-11-20-9-2-1-3-10-20;;;/h4-7,12H,1-3,8-11H2,(H,18,19);2*1H;1H2. The second-order valence-electron chi connectivity index (χ2n) is 5.43. The molecule has 0 radical (unpaired) electrons. The Kier molecular flexibility index (Phi) is 10.1. The van der Waals surface area contributed by atoms with Crippen molar-refractivity contribution in [2.45, 2.75) is 25.7 Å². The first kappa shape index (κ1) is 21.9. The van der Waals surface area contributed by atoms with Crippen molar-refractivity contribution in [1.82, 2.24) is 15.1 Å². The zero-order valence-corrected chi connectivity index (χ0v) is 14.6. The molecule has 1 saturated heterocycles. The third kappa shape index (κ3) is 5.77. The number of aromatic nitrogens is 2. The van der Waals surface area contributed by atoms with Crippen molar-refractivity contribution in [1.29, 1.82) is 0 Å². The number of piperidine rings is 1. The third-order valence-electron chi connectivity index (χ3n) is 4.00. The predicted molar refractivity (Wildman–Crippen MR) is 96.1 cm³/mol. The molecule has 130 valence electrons. The summed E-state index contributed by atoms with van der Waals surface area (Å²) in [6.45, 7) is 3.50. The van der Waals surface area contributed by atoms with E-state index in [2.05, 4.69) is 15.1 Å². The summed E-state index contributed by atoms with van der Waals surface area (Å²) in [6.07, 6.45) is 6.88. The van der Waals surface area contributed by atoms with Crippen LogP contribution in [0.25, 0.3) is 11.3 Å². The van der Waals surface area contributed by atoms with Crippen LogP contribution >= 0.6 is 24.8 Å². The van der Waals surface area contributed by atoms with Gasteiger partial charge in [-0.15, -0.1) is 24.8 Å². The highest BCUT2D eigenvalue weighted by Gasteiger charge is 2.12. The lowest BCUT2D eigenvalue weighted by Gasteiger charge is -2.26. The number of rotatable bonds is 4. The predicted octanol–water partition coefficient (Wildman–Crippen LogP) is 3.26. The van der Waals surface area contributed by atoms with Gasteiger partial charge in [0.1, 0.15) is 5.82 Å². The van der Waals surface area contributed by atoms with E-state index < -0.39 is 0 Å². The number of benzene rings is 1. The largest absolute Gasteiger partial charge is 0.412 e. The normalized spacial score (nSPS) is 14.3. The summed E-state index contributed by atoms with van der Waals surface area (Å²) in [4.78, 5) is 2.52. The quantitative estimate of drug-likeness (QED) is 0.905. The molecule has 0 unspecified atom stereocenters. The molecule has 3 N–H and O–H groups in total. The van der Waals surface area contributed by atoms with E-state index in [1.54, 1.807) is 12.1 Å². The summed E-state index contributed by atoms with van der Waals surface area (Å²) in [5.41, 5.74) is 3.22. The molecular formula is C16H24Cl2FN3O. The second-order valence-corrected chi connectivity index (χ2v) is 5.43. The first-order valence-electron chi connectivity index (χ1n) is 7.33. The molecule has 1 aromatic carbocycles. The van der Waals surface area contributed by atoms with E-state index in [0.29, 0.717) is 0 Å². The minimum atomic E-state index is -0.205. The lowest BCUT2D eigenvalue weighted by atomic mass is 10.0. The maximum absolute atomic E-state index is 13.0. The Morgan fingerprint density at radius 1 is 1.04 bits per heavy atom. The first-order chi connectivity index (χ1) is 9.83. The van der Waals surface area contributed by atoms with Crippen molar-refractivity contribution < 1.29 is 9.87 Å². The number of halogens is 3. The van der Waals surface area contributed by atoms with E-state index in [9.17, 15) is 4.39 Å². The highest BCUT2D eigenvalue weighted by molar-refractivity contribution is 5.85.